The van der Waals surface area contributed by atoms with Crippen LogP contribution in [0.15, 0.2) is 42.7 Å². The van der Waals surface area contributed by atoms with E-state index in [0.29, 0.717) is 16.7 Å². The molecule has 4 nitrogen and oxygen atoms in total. The number of benzene rings is 1. The van der Waals surface area contributed by atoms with Gasteiger partial charge in [-0.2, -0.15) is 0 Å². The molecule has 0 spiro atoms. The molecule has 3 rings (SSSR count). The Hall–Kier alpha value is -2.05. The van der Waals surface area contributed by atoms with Gasteiger partial charge in [0, 0.05) is 27.9 Å². The Morgan fingerprint density at radius 2 is 2.00 bits per heavy atom. The minimum absolute atomic E-state index is 0.0246. The van der Waals surface area contributed by atoms with Crippen LogP contribution in [0.4, 0.5) is 10.3 Å². The monoisotopic (exact) mass is 348 g/mol. The Bertz CT molecular complexity index is 791. The van der Waals surface area contributed by atoms with E-state index in [1.54, 1.807) is 23.6 Å². The number of anilines is 1. The molecule has 7 heteroatoms. The lowest BCUT2D eigenvalue weighted by Gasteiger charge is -2.11. The van der Waals surface area contributed by atoms with Crippen LogP contribution in [-0.4, -0.2) is 15.0 Å². The Morgan fingerprint density at radius 1 is 1.22 bits per heavy atom. The fourth-order valence-electron chi connectivity index (χ4n) is 2.02. The van der Waals surface area contributed by atoms with Gasteiger partial charge < -0.3 is 5.32 Å². The maximum absolute atomic E-state index is 12.6. The van der Waals surface area contributed by atoms with Crippen molar-refractivity contribution in [2.45, 2.75) is 19.6 Å². The molecule has 2 aromatic heterocycles. The van der Waals surface area contributed by atoms with Gasteiger partial charge in [0.25, 0.3) is 0 Å². The third kappa shape index (κ3) is 3.83. The van der Waals surface area contributed by atoms with Crippen molar-refractivity contribution in [1.82, 2.24) is 15.0 Å². The van der Waals surface area contributed by atoms with Crippen LogP contribution in [0, 0.1) is 0 Å². The predicted octanol–water partition coefficient (Wildman–Crippen LogP) is 4.90. The zero-order valence-electron chi connectivity index (χ0n) is 12.3. The molecule has 0 fully saturated rings. The summed E-state index contributed by atoms with van der Waals surface area (Å²) in [6.45, 7) is 1.39. The first-order valence-electron chi connectivity index (χ1n) is 7.02. The number of halogens is 2. The van der Waals surface area contributed by atoms with E-state index in [-0.39, 0.29) is 6.04 Å². The molecular weight excluding hydrogens is 335 g/mol. The van der Waals surface area contributed by atoms with Crippen molar-refractivity contribution < 1.29 is 4.39 Å². The second kappa shape index (κ2) is 7.02. The third-order valence-corrected chi connectivity index (χ3v) is 4.72. The second-order valence-corrected chi connectivity index (χ2v) is 6.44. The Balaban J connectivity index is 1.75. The maximum Gasteiger partial charge on any atom is 0.223 e. The van der Waals surface area contributed by atoms with E-state index >= 15 is 0 Å². The molecule has 2 heterocycles. The van der Waals surface area contributed by atoms with E-state index in [2.05, 4.69) is 20.3 Å². The lowest BCUT2D eigenvalue weighted by atomic mass is 10.2. The zero-order chi connectivity index (χ0) is 16.2. The lowest BCUT2D eigenvalue weighted by Crippen LogP contribution is -2.08. The zero-order valence-corrected chi connectivity index (χ0v) is 13.9. The average molecular weight is 349 g/mol. The molecule has 0 amide bonds. The summed E-state index contributed by atoms with van der Waals surface area (Å²) in [6.07, 6.45) is 3.37. The Labute approximate surface area is 142 Å². The molecule has 1 atom stereocenters. The SMILES string of the molecule is C[C@H](Nc1nccc(CF)n1)c1cnc(-c2ccc(Cl)cc2)s1. The van der Waals surface area contributed by atoms with Crippen LogP contribution in [0.1, 0.15) is 23.5 Å². The van der Waals surface area contributed by atoms with Crippen LogP contribution in [0.3, 0.4) is 0 Å². The molecule has 0 aliphatic rings. The average Bonchev–Trinajstić information content (AvgIpc) is 3.06. The molecule has 0 unspecified atom stereocenters. The summed E-state index contributed by atoms with van der Waals surface area (Å²) in [4.78, 5) is 13.7. The molecule has 0 radical (unpaired) electrons. The summed E-state index contributed by atoms with van der Waals surface area (Å²) in [5.41, 5.74) is 1.38. The highest BCUT2D eigenvalue weighted by atomic mass is 35.5. The van der Waals surface area contributed by atoms with Crippen molar-refractivity contribution in [3.05, 3.63) is 58.3 Å². The molecule has 3 aromatic rings. The van der Waals surface area contributed by atoms with Gasteiger partial charge in [-0.15, -0.1) is 11.3 Å². The summed E-state index contributed by atoms with van der Waals surface area (Å²) < 4.78 is 12.6. The number of alkyl halides is 1. The molecule has 0 aliphatic carbocycles. The summed E-state index contributed by atoms with van der Waals surface area (Å²) in [5, 5.41) is 4.79. The smallest absolute Gasteiger partial charge is 0.223 e. The van der Waals surface area contributed by atoms with E-state index in [4.69, 9.17) is 11.6 Å². The number of thiazole rings is 1. The number of nitrogens with one attached hydrogen (secondary N) is 1. The van der Waals surface area contributed by atoms with Gasteiger partial charge in [0.05, 0.1) is 11.7 Å². The van der Waals surface area contributed by atoms with Crippen molar-refractivity contribution in [1.29, 1.82) is 0 Å². The summed E-state index contributed by atoms with van der Waals surface area (Å²) >= 11 is 7.48. The van der Waals surface area contributed by atoms with Crippen LogP contribution < -0.4 is 5.32 Å². The summed E-state index contributed by atoms with van der Waals surface area (Å²) in [7, 11) is 0. The third-order valence-electron chi connectivity index (χ3n) is 3.24. The van der Waals surface area contributed by atoms with Crippen molar-refractivity contribution in [3.63, 3.8) is 0 Å². The van der Waals surface area contributed by atoms with Gasteiger partial charge in [-0.1, -0.05) is 23.7 Å². The van der Waals surface area contributed by atoms with Crippen molar-refractivity contribution >= 4 is 28.9 Å². The fraction of sp³-hybridized carbons (Fsp3) is 0.188. The minimum atomic E-state index is -0.604. The molecule has 1 N–H and O–H groups in total. The standard InChI is InChI=1S/C16H14ClFN4S/c1-10(21-16-19-7-6-13(8-18)22-16)14-9-20-15(23-14)11-2-4-12(17)5-3-11/h2-7,9-10H,8H2,1H3,(H,19,21,22)/t10-/m0/s1. The minimum Gasteiger partial charge on any atom is -0.347 e. The highest BCUT2D eigenvalue weighted by Crippen LogP contribution is 2.30. The molecule has 0 saturated heterocycles. The number of aromatic nitrogens is 3. The number of hydrogen-bond acceptors (Lipinski definition) is 5. The summed E-state index contributed by atoms with van der Waals surface area (Å²) in [5.74, 6) is 0.411. The molecule has 118 valence electrons. The highest BCUT2D eigenvalue weighted by molar-refractivity contribution is 7.15. The Morgan fingerprint density at radius 3 is 2.74 bits per heavy atom. The van der Waals surface area contributed by atoms with E-state index < -0.39 is 6.67 Å². The van der Waals surface area contributed by atoms with Crippen molar-refractivity contribution in [2.24, 2.45) is 0 Å². The summed E-state index contributed by atoms with van der Waals surface area (Å²) in [6, 6.07) is 9.10. The van der Waals surface area contributed by atoms with Crippen LogP contribution in [0.5, 0.6) is 0 Å². The maximum atomic E-state index is 12.6. The van der Waals surface area contributed by atoms with Crippen molar-refractivity contribution in [3.8, 4) is 10.6 Å². The normalized spacial score (nSPS) is 12.1. The van der Waals surface area contributed by atoms with Crippen molar-refractivity contribution in [2.75, 3.05) is 5.32 Å². The molecule has 0 aliphatic heterocycles. The highest BCUT2D eigenvalue weighted by Gasteiger charge is 2.12. The molecule has 1 aromatic carbocycles. The first-order chi connectivity index (χ1) is 11.2. The molecular formula is C16H14ClFN4S. The second-order valence-electron chi connectivity index (χ2n) is 4.95. The van der Waals surface area contributed by atoms with Gasteiger partial charge in [-0.05, 0) is 25.1 Å². The number of rotatable bonds is 5. The van der Waals surface area contributed by atoms with Crippen LogP contribution in [0.2, 0.25) is 5.02 Å². The van der Waals surface area contributed by atoms with E-state index in [1.807, 2.05) is 37.4 Å². The number of hydrogen-bond donors (Lipinski definition) is 1. The topological polar surface area (TPSA) is 50.7 Å². The molecule has 0 saturated carbocycles. The van der Waals surface area contributed by atoms with Gasteiger partial charge in [0.2, 0.25) is 5.95 Å². The van der Waals surface area contributed by atoms with Gasteiger partial charge in [0.15, 0.2) is 0 Å². The first-order valence-corrected chi connectivity index (χ1v) is 8.21. The first kappa shape index (κ1) is 15.8. The quantitative estimate of drug-likeness (QED) is 0.712. The van der Waals surface area contributed by atoms with Gasteiger partial charge in [-0.3, -0.25) is 0 Å². The lowest BCUT2D eigenvalue weighted by molar-refractivity contribution is 0.475. The van der Waals surface area contributed by atoms with Gasteiger partial charge in [0.1, 0.15) is 11.7 Å². The fourth-order valence-corrected chi connectivity index (χ4v) is 3.07. The largest absolute Gasteiger partial charge is 0.347 e. The van der Waals surface area contributed by atoms with Crippen LogP contribution in [0.25, 0.3) is 10.6 Å². The molecule has 23 heavy (non-hydrogen) atoms. The Kier molecular flexibility index (Phi) is 4.83. The van der Waals surface area contributed by atoms with Gasteiger partial charge in [-0.25, -0.2) is 19.3 Å². The van der Waals surface area contributed by atoms with E-state index in [9.17, 15) is 4.39 Å². The van der Waals surface area contributed by atoms with Crippen LogP contribution >= 0.6 is 22.9 Å². The van der Waals surface area contributed by atoms with Gasteiger partial charge >= 0.3 is 0 Å². The molecule has 0 bridgehead atoms. The van der Waals surface area contributed by atoms with Crippen LogP contribution in [-0.2, 0) is 6.67 Å². The van der Waals surface area contributed by atoms with E-state index in [1.165, 1.54) is 0 Å². The van der Waals surface area contributed by atoms with E-state index in [0.717, 1.165) is 15.4 Å². The predicted molar refractivity (Wildman–Crippen MR) is 91.4 cm³/mol. The number of nitrogens with zero attached hydrogens (tertiary/aromatic N) is 3.